The molecule has 7 nitrogen and oxygen atoms in total. The topological polar surface area (TPSA) is 85.1 Å². The van der Waals surface area contributed by atoms with Crippen molar-refractivity contribution in [3.05, 3.63) is 66.5 Å². The van der Waals surface area contributed by atoms with Crippen LogP contribution in [-0.4, -0.2) is 37.0 Å². The summed E-state index contributed by atoms with van der Waals surface area (Å²) in [6, 6.07) is 9.96. The van der Waals surface area contributed by atoms with Gasteiger partial charge in [-0.15, -0.1) is 0 Å². The van der Waals surface area contributed by atoms with Gasteiger partial charge in [-0.25, -0.2) is 9.50 Å². The molecule has 0 unspecified atom stereocenters. The van der Waals surface area contributed by atoms with Crippen molar-refractivity contribution in [2.45, 2.75) is 26.2 Å². The molecule has 0 spiro atoms. The molecule has 0 bridgehead atoms. The maximum atomic E-state index is 11.9. The molecular formula is C23H22N6O. The summed E-state index contributed by atoms with van der Waals surface area (Å²) in [5.74, 6) is 0.375. The molecule has 4 heterocycles. The Morgan fingerprint density at radius 1 is 1.10 bits per heavy atom. The Hall–Kier alpha value is -3.61. The van der Waals surface area contributed by atoms with Crippen molar-refractivity contribution in [2.24, 2.45) is 5.92 Å². The lowest BCUT2D eigenvalue weighted by molar-refractivity contribution is -0.122. The molecule has 1 aliphatic rings. The summed E-state index contributed by atoms with van der Waals surface area (Å²) in [7, 11) is 0. The molecule has 4 aromatic heterocycles. The summed E-state index contributed by atoms with van der Waals surface area (Å²) < 4.78 is 1.88. The third-order valence-corrected chi connectivity index (χ3v) is 5.34. The number of aryl methyl sites for hydroxylation is 1. The van der Waals surface area contributed by atoms with Crippen molar-refractivity contribution >= 4 is 11.6 Å². The Balaban J connectivity index is 1.54. The molecule has 30 heavy (non-hydrogen) atoms. The van der Waals surface area contributed by atoms with Gasteiger partial charge in [-0.1, -0.05) is 0 Å². The Bertz CT molecular complexity index is 1200. The summed E-state index contributed by atoms with van der Waals surface area (Å²) in [5.41, 5.74) is 6.51. The zero-order valence-electron chi connectivity index (χ0n) is 16.7. The van der Waals surface area contributed by atoms with Crippen LogP contribution in [0.2, 0.25) is 0 Å². The van der Waals surface area contributed by atoms with Crippen molar-refractivity contribution < 1.29 is 4.79 Å². The van der Waals surface area contributed by atoms with E-state index in [4.69, 9.17) is 5.10 Å². The first kappa shape index (κ1) is 18.4. The maximum absolute atomic E-state index is 11.9. The predicted molar refractivity (Wildman–Crippen MR) is 114 cm³/mol. The molecule has 1 N–H and O–H groups in total. The number of aromatic nitrogens is 5. The minimum atomic E-state index is 0.156. The highest BCUT2D eigenvalue weighted by Gasteiger charge is 2.29. The lowest BCUT2D eigenvalue weighted by atomic mass is 10.0. The van der Waals surface area contributed by atoms with Gasteiger partial charge in [-0.2, -0.15) is 5.10 Å². The summed E-state index contributed by atoms with van der Waals surface area (Å²) in [6.07, 6.45) is 9.97. The molecule has 4 aromatic rings. The quantitative estimate of drug-likeness (QED) is 0.539. The number of fused-ring (bicyclic) bond motifs is 1. The van der Waals surface area contributed by atoms with E-state index < -0.39 is 0 Å². The second kappa shape index (κ2) is 7.67. The van der Waals surface area contributed by atoms with E-state index in [0.717, 1.165) is 52.3 Å². The van der Waals surface area contributed by atoms with Gasteiger partial charge in [-0.05, 0) is 49.6 Å². The Morgan fingerprint density at radius 3 is 2.67 bits per heavy atom. The third kappa shape index (κ3) is 3.66. The number of pyridine rings is 2. The number of amides is 1. The molecule has 5 rings (SSSR count). The van der Waals surface area contributed by atoms with Crippen LogP contribution in [0.3, 0.4) is 0 Å². The van der Waals surface area contributed by atoms with Gasteiger partial charge in [0.1, 0.15) is 0 Å². The third-order valence-electron chi connectivity index (χ3n) is 5.34. The van der Waals surface area contributed by atoms with Crippen LogP contribution in [0.25, 0.3) is 28.0 Å². The van der Waals surface area contributed by atoms with Gasteiger partial charge in [0.15, 0.2) is 5.65 Å². The number of rotatable bonds is 6. The highest BCUT2D eigenvalue weighted by atomic mass is 16.2. The van der Waals surface area contributed by atoms with Crippen LogP contribution in [0.1, 0.15) is 24.2 Å². The van der Waals surface area contributed by atoms with Crippen molar-refractivity contribution in [3.63, 3.8) is 0 Å². The van der Waals surface area contributed by atoms with E-state index >= 15 is 0 Å². The van der Waals surface area contributed by atoms with E-state index in [1.165, 1.54) is 0 Å². The molecule has 1 amide bonds. The SMILES string of the molecule is Cc1ccc(-c2c(-c3ccncc3)cnc3cc(CCNC(=O)C4CC4)nn23)cn1. The second-order valence-corrected chi connectivity index (χ2v) is 7.67. The van der Waals surface area contributed by atoms with Gasteiger partial charge >= 0.3 is 0 Å². The van der Waals surface area contributed by atoms with Crippen LogP contribution in [-0.2, 0) is 11.2 Å². The monoisotopic (exact) mass is 398 g/mol. The fourth-order valence-corrected chi connectivity index (χ4v) is 3.54. The number of carbonyl (C=O) groups is 1. The molecule has 0 aliphatic heterocycles. The van der Waals surface area contributed by atoms with Crippen molar-refractivity contribution in [1.82, 2.24) is 29.9 Å². The van der Waals surface area contributed by atoms with Crippen molar-refractivity contribution in [1.29, 1.82) is 0 Å². The van der Waals surface area contributed by atoms with E-state index in [1.54, 1.807) is 12.4 Å². The molecule has 0 saturated heterocycles. The normalized spacial score (nSPS) is 13.5. The lowest BCUT2D eigenvalue weighted by Gasteiger charge is -2.11. The largest absolute Gasteiger partial charge is 0.355 e. The zero-order valence-corrected chi connectivity index (χ0v) is 16.7. The standard InChI is InChI=1S/C23H22N6O/c1-15-2-3-18(13-26-15)22-20(16-6-9-24-10-7-16)14-27-21-12-19(28-29(21)22)8-11-25-23(30)17-4-5-17/h2-3,6-7,9-10,12-14,17H,4-5,8,11H2,1H3,(H,25,30). The fraction of sp³-hybridized carbons (Fsp3) is 0.261. The predicted octanol–water partition coefficient (Wildman–Crippen LogP) is 3.23. The van der Waals surface area contributed by atoms with E-state index in [9.17, 15) is 4.79 Å². The highest BCUT2D eigenvalue weighted by molar-refractivity contribution is 5.82. The second-order valence-electron chi connectivity index (χ2n) is 7.67. The van der Waals surface area contributed by atoms with Crippen LogP contribution in [0.15, 0.2) is 55.1 Å². The molecule has 1 aliphatic carbocycles. The number of hydrogen-bond donors (Lipinski definition) is 1. The molecule has 1 fully saturated rings. The fourth-order valence-electron chi connectivity index (χ4n) is 3.54. The molecule has 0 aromatic carbocycles. The van der Waals surface area contributed by atoms with Crippen molar-refractivity contribution in [2.75, 3.05) is 6.54 Å². The van der Waals surface area contributed by atoms with Gasteiger partial charge in [0.2, 0.25) is 5.91 Å². The molecule has 7 heteroatoms. The van der Waals surface area contributed by atoms with Crippen LogP contribution in [0.5, 0.6) is 0 Å². The first-order chi connectivity index (χ1) is 14.7. The minimum absolute atomic E-state index is 0.156. The summed E-state index contributed by atoms with van der Waals surface area (Å²) in [4.78, 5) is 25.1. The maximum Gasteiger partial charge on any atom is 0.223 e. The first-order valence-corrected chi connectivity index (χ1v) is 10.2. The number of nitrogens with zero attached hydrogens (tertiary/aromatic N) is 5. The average molecular weight is 398 g/mol. The lowest BCUT2D eigenvalue weighted by Crippen LogP contribution is -2.27. The Labute approximate surface area is 174 Å². The van der Waals surface area contributed by atoms with E-state index in [-0.39, 0.29) is 11.8 Å². The van der Waals surface area contributed by atoms with E-state index in [0.29, 0.717) is 13.0 Å². The van der Waals surface area contributed by atoms with Gasteiger partial charge in [0, 0.05) is 66.6 Å². The smallest absolute Gasteiger partial charge is 0.223 e. The average Bonchev–Trinajstić information content (AvgIpc) is 3.54. The molecule has 150 valence electrons. The summed E-state index contributed by atoms with van der Waals surface area (Å²) in [6.45, 7) is 2.55. The number of hydrogen-bond acceptors (Lipinski definition) is 5. The van der Waals surface area contributed by atoms with Gasteiger partial charge in [0.05, 0.1) is 11.4 Å². The molecule has 0 radical (unpaired) electrons. The van der Waals surface area contributed by atoms with Crippen LogP contribution in [0, 0.1) is 12.8 Å². The summed E-state index contributed by atoms with van der Waals surface area (Å²) in [5, 5.41) is 7.82. The van der Waals surface area contributed by atoms with Crippen LogP contribution in [0.4, 0.5) is 0 Å². The van der Waals surface area contributed by atoms with E-state index in [1.807, 2.05) is 48.1 Å². The van der Waals surface area contributed by atoms with Crippen LogP contribution < -0.4 is 5.32 Å². The van der Waals surface area contributed by atoms with Gasteiger partial charge < -0.3 is 5.32 Å². The van der Waals surface area contributed by atoms with Crippen molar-refractivity contribution in [3.8, 4) is 22.4 Å². The highest BCUT2D eigenvalue weighted by Crippen LogP contribution is 2.32. The van der Waals surface area contributed by atoms with Gasteiger partial charge in [0.25, 0.3) is 0 Å². The van der Waals surface area contributed by atoms with Gasteiger partial charge in [-0.3, -0.25) is 14.8 Å². The molecule has 0 atom stereocenters. The molecule has 1 saturated carbocycles. The Kier molecular flexibility index (Phi) is 4.71. The van der Waals surface area contributed by atoms with Crippen LogP contribution >= 0.6 is 0 Å². The summed E-state index contributed by atoms with van der Waals surface area (Å²) >= 11 is 0. The first-order valence-electron chi connectivity index (χ1n) is 10.2. The minimum Gasteiger partial charge on any atom is -0.355 e. The molecular weight excluding hydrogens is 376 g/mol. The number of nitrogens with one attached hydrogen (secondary N) is 1. The Morgan fingerprint density at radius 2 is 1.93 bits per heavy atom. The zero-order chi connectivity index (χ0) is 20.5. The van der Waals surface area contributed by atoms with E-state index in [2.05, 4.69) is 26.3 Å². The number of carbonyl (C=O) groups excluding carboxylic acids is 1.